The SMILES string of the molecule is C=CC(O)CCCC(O)CCCC(C)OC(C)(C)C. The highest BCUT2D eigenvalue weighted by molar-refractivity contribution is 4.77. The van der Waals surface area contributed by atoms with Crippen LogP contribution in [0.5, 0.6) is 0 Å². The predicted octanol–water partition coefficient (Wildman–Crippen LogP) is 3.44. The van der Waals surface area contributed by atoms with Gasteiger partial charge in [0.1, 0.15) is 0 Å². The lowest BCUT2D eigenvalue weighted by Crippen LogP contribution is -2.25. The molecule has 3 atom stereocenters. The van der Waals surface area contributed by atoms with E-state index in [-0.39, 0.29) is 17.8 Å². The Kier molecular flexibility index (Phi) is 9.32. The number of hydrogen-bond donors (Lipinski definition) is 2. The third kappa shape index (κ3) is 12.4. The molecule has 0 aliphatic rings. The summed E-state index contributed by atoms with van der Waals surface area (Å²) in [6.45, 7) is 11.8. The second-order valence-corrected chi connectivity index (χ2v) is 6.36. The highest BCUT2D eigenvalue weighted by Crippen LogP contribution is 2.16. The Bertz CT molecular complexity index is 233. The summed E-state index contributed by atoms with van der Waals surface area (Å²) in [4.78, 5) is 0. The van der Waals surface area contributed by atoms with Gasteiger partial charge in [-0.25, -0.2) is 0 Å². The minimum Gasteiger partial charge on any atom is -0.393 e. The van der Waals surface area contributed by atoms with Gasteiger partial charge in [-0.15, -0.1) is 6.58 Å². The second-order valence-electron chi connectivity index (χ2n) is 6.36. The molecular formula is C16H32O3. The van der Waals surface area contributed by atoms with E-state index in [0.29, 0.717) is 6.42 Å². The molecule has 19 heavy (non-hydrogen) atoms. The normalized spacial score (nSPS) is 16.9. The smallest absolute Gasteiger partial charge is 0.0718 e. The van der Waals surface area contributed by atoms with Gasteiger partial charge < -0.3 is 14.9 Å². The van der Waals surface area contributed by atoms with E-state index in [0.717, 1.165) is 32.1 Å². The van der Waals surface area contributed by atoms with Crippen molar-refractivity contribution < 1.29 is 14.9 Å². The van der Waals surface area contributed by atoms with Gasteiger partial charge in [-0.05, 0) is 66.2 Å². The van der Waals surface area contributed by atoms with E-state index in [1.54, 1.807) is 0 Å². The summed E-state index contributed by atoms with van der Waals surface area (Å²) >= 11 is 0. The summed E-state index contributed by atoms with van der Waals surface area (Å²) in [6, 6.07) is 0. The fourth-order valence-corrected chi connectivity index (χ4v) is 2.13. The highest BCUT2D eigenvalue weighted by atomic mass is 16.5. The van der Waals surface area contributed by atoms with Crippen molar-refractivity contribution in [3.8, 4) is 0 Å². The highest BCUT2D eigenvalue weighted by Gasteiger charge is 2.15. The van der Waals surface area contributed by atoms with Gasteiger partial charge >= 0.3 is 0 Å². The molecule has 0 heterocycles. The van der Waals surface area contributed by atoms with E-state index in [2.05, 4.69) is 34.3 Å². The zero-order valence-corrected chi connectivity index (χ0v) is 13.1. The van der Waals surface area contributed by atoms with Crippen LogP contribution in [-0.4, -0.2) is 34.1 Å². The maximum Gasteiger partial charge on any atom is 0.0718 e. The van der Waals surface area contributed by atoms with Crippen molar-refractivity contribution in [1.29, 1.82) is 0 Å². The van der Waals surface area contributed by atoms with Crippen LogP contribution in [0.3, 0.4) is 0 Å². The van der Waals surface area contributed by atoms with E-state index in [1.165, 1.54) is 6.08 Å². The van der Waals surface area contributed by atoms with Crippen LogP contribution in [-0.2, 0) is 4.74 Å². The van der Waals surface area contributed by atoms with Crippen LogP contribution in [0.15, 0.2) is 12.7 Å². The molecule has 3 unspecified atom stereocenters. The summed E-state index contributed by atoms with van der Waals surface area (Å²) in [5, 5.41) is 19.1. The average Bonchev–Trinajstić information content (AvgIpc) is 2.26. The summed E-state index contributed by atoms with van der Waals surface area (Å²) in [7, 11) is 0. The van der Waals surface area contributed by atoms with Crippen LogP contribution in [0.4, 0.5) is 0 Å². The van der Waals surface area contributed by atoms with Crippen LogP contribution in [0.25, 0.3) is 0 Å². The molecule has 0 radical (unpaired) electrons. The van der Waals surface area contributed by atoms with E-state index >= 15 is 0 Å². The van der Waals surface area contributed by atoms with Gasteiger partial charge in [-0.3, -0.25) is 0 Å². The second kappa shape index (κ2) is 9.51. The Morgan fingerprint density at radius 1 is 1.05 bits per heavy atom. The van der Waals surface area contributed by atoms with Gasteiger partial charge in [0.2, 0.25) is 0 Å². The molecule has 0 aromatic carbocycles. The van der Waals surface area contributed by atoms with Crippen LogP contribution < -0.4 is 0 Å². The Morgan fingerprint density at radius 2 is 1.58 bits per heavy atom. The van der Waals surface area contributed by atoms with Gasteiger partial charge in [0, 0.05) is 0 Å². The molecule has 0 spiro atoms. The maximum atomic E-state index is 9.83. The fraction of sp³-hybridized carbons (Fsp3) is 0.875. The largest absolute Gasteiger partial charge is 0.393 e. The van der Waals surface area contributed by atoms with Crippen molar-refractivity contribution in [2.75, 3.05) is 0 Å². The summed E-state index contributed by atoms with van der Waals surface area (Å²) in [6.07, 6.45) is 6.10. The first-order valence-electron chi connectivity index (χ1n) is 7.41. The third-order valence-electron chi connectivity index (χ3n) is 3.01. The Labute approximate surface area is 118 Å². The van der Waals surface area contributed by atoms with Gasteiger partial charge in [-0.1, -0.05) is 6.08 Å². The monoisotopic (exact) mass is 272 g/mol. The molecule has 0 saturated carbocycles. The Hall–Kier alpha value is -0.380. The molecule has 0 aromatic rings. The minimum absolute atomic E-state index is 0.0984. The van der Waals surface area contributed by atoms with Gasteiger partial charge in [0.05, 0.1) is 23.9 Å². The number of aliphatic hydroxyl groups excluding tert-OH is 2. The third-order valence-corrected chi connectivity index (χ3v) is 3.01. The molecule has 0 aliphatic carbocycles. The standard InChI is InChI=1S/C16H32O3/c1-6-14(17)10-8-12-15(18)11-7-9-13(2)19-16(3,4)5/h6,13-15,17-18H,1,7-12H2,2-5H3. The molecular weight excluding hydrogens is 240 g/mol. The molecule has 0 bridgehead atoms. The van der Waals surface area contributed by atoms with Crippen molar-refractivity contribution >= 4 is 0 Å². The molecule has 0 aliphatic heterocycles. The van der Waals surface area contributed by atoms with E-state index in [1.807, 2.05) is 0 Å². The van der Waals surface area contributed by atoms with Crippen molar-refractivity contribution in [2.24, 2.45) is 0 Å². The fourth-order valence-electron chi connectivity index (χ4n) is 2.13. The number of aliphatic hydroxyl groups is 2. The first-order chi connectivity index (χ1) is 8.74. The average molecular weight is 272 g/mol. The van der Waals surface area contributed by atoms with E-state index < -0.39 is 6.10 Å². The quantitative estimate of drug-likeness (QED) is 0.599. The lowest BCUT2D eigenvalue weighted by Gasteiger charge is -2.25. The molecule has 114 valence electrons. The molecule has 0 rings (SSSR count). The summed E-state index contributed by atoms with van der Waals surface area (Å²) in [5.41, 5.74) is -0.0984. The Balaban J connectivity index is 3.57. The lowest BCUT2D eigenvalue weighted by atomic mass is 10.0. The van der Waals surface area contributed by atoms with Crippen LogP contribution >= 0.6 is 0 Å². The molecule has 0 fully saturated rings. The number of hydrogen-bond acceptors (Lipinski definition) is 3. The molecule has 0 aromatic heterocycles. The topological polar surface area (TPSA) is 49.7 Å². The van der Waals surface area contributed by atoms with Gasteiger partial charge in [-0.2, -0.15) is 0 Å². The van der Waals surface area contributed by atoms with Crippen molar-refractivity contribution in [3.05, 3.63) is 12.7 Å². The molecule has 0 saturated heterocycles. The zero-order chi connectivity index (χ0) is 14.9. The first-order valence-corrected chi connectivity index (χ1v) is 7.41. The first kappa shape index (κ1) is 18.6. The van der Waals surface area contributed by atoms with E-state index in [9.17, 15) is 10.2 Å². The number of rotatable bonds is 10. The lowest BCUT2D eigenvalue weighted by molar-refractivity contribution is -0.0557. The number of ether oxygens (including phenoxy) is 1. The Morgan fingerprint density at radius 3 is 2.05 bits per heavy atom. The van der Waals surface area contributed by atoms with Crippen molar-refractivity contribution in [1.82, 2.24) is 0 Å². The van der Waals surface area contributed by atoms with Gasteiger partial charge in [0.15, 0.2) is 0 Å². The van der Waals surface area contributed by atoms with Crippen LogP contribution in [0.1, 0.15) is 66.2 Å². The maximum absolute atomic E-state index is 9.83. The molecule has 3 heteroatoms. The van der Waals surface area contributed by atoms with E-state index in [4.69, 9.17) is 4.74 Å². The van der Waals surface area contributed by atoms with Crippen LogP contribution in [0, 0.1) is 0 Å². The molecule has 2 N–H and O–H groups in total. The van der Waals surface area contributed by atoms with Crippen LogP contribution in [0.2, 0.25) is 0 Å². The molecule has 3 nitrogen and oxygen atoms in total. The zero-order valence-electron chi connectivity index (χ0n) is 13.1. The van der Waals surface area contributed by atoms with Gasteiger partial charge in [0.25, 0.3) is 0 Å². The summed E-state index contributed by atoms with van der Waals surface area (Å²) in [5.74, 6) is 0. The summed E-state index contributed by atoms with van der Waals surface area (Å²) < 4.78 is 5.82. The van der Waals surface area contributed by atoms with Crippen molar-refractivity contribution in [3.63, 3.8) is 0 Å². The molecule has 0 amide bonds. The van der Waals surface area contributed by atoms with Crippen molar-refractivity contribution in [2.45, 2.75) is 90.1 Å². The minimum atomic E-state index is -0.438. The predicted molar refractivity (Wildman–Crippen MR) is 80.2 cm³/mol.